The van der Waals surface area contributed by atoms with Gasteiger partial charge in [0.1, 0.15) is 0 Å². The highest BCUT2D eigenvalue weighted by atomic mass is 16.5. The zero-order chi connectivity index (χ0) is 20.3. The highest BCUT2D eigenvalue weighted by Gasteiger charge is 2.42. The van der Waals surface area contributed by atoms with Crippen LogP contribution in [-0.2, 0) is 11.3 Å². The summed E-state index contributed by atoms with van der Waals surface area (Å²) >= 11 is 0. The monoisotopic (exact) mass is 395 g/mol. The van der Waals surface area contributed by atoms with Gasteiger partial charge in [-0.1, -0.05) is 30.3 Å². The Morgan fingerprint density at radius 1 is 1.34 bits per heavy atom. The van der Waals surface area contributed by atoms with E-state index in [4.69, 9.17) is 4.74 Å². The van der Waals surface area contributed by atoms with E-state index in [2.05, 4.69) is 39.2 Å². The van der Waals surface area contributed by atoms with E-state index in [0.29, 0.717) is 31.1 Å². The van der Waals surface area contributed by atoms with E-state index in [0.717, 1.165) is 5.56 Å². The molecule has 8 nitrogen and oxygen atoms in total. The Balaban J connectivity index is 1.51. The van der Waals surface area contributed by atoms with Crippen molar-refractivity contribution < 1.29 is 14.6 Å². The Morgan fingerprint density at radius 3 is 2.97 bits per heavy atom. The molecule has 29 heavy (non-hydrogen) atoms. The Bertz CT molecular complexity index is 977. The zero-order valence-corrected chi connectivity index (χ0v) is 16.4. The number of benzene rings is 1. The fraction of sp³-hybridized carbons (Fsp3) is 0.381. The number of hydrogen-bond donors (Lipinski definition) is 2. The van der Waals surface area contributed by atoms with Gasteiger partial charge in [0, 0.05) is 43.9 Å². The third-order valence-electron chi connectivity index (χ3n) is 5.45. The van der Waals surface area contributed by atoms with E-state index in [1.165, 1.54) is 6.20 Å². The maximum Gasteiger partial charge on any atom is 0.254 e. The molecule has 0 spiro atoms. The summed E-state index contributed by atoms with van der Waals surface area (Å²) in [5, 5.41) is 13.3. The van der Waals surface area contributed by atoms with Crippen molar-refractivity contribution >= 4 is 11.7 Å². The molecule has 8 heteroatoms. The van der Waals surface area contributed by atoms with Crippen LogP contribution in [0.25, 0.3) is 5.78 Å². The fourth-order valence-electron chi connectivity index (χ4n) is 3.79. The molecule has 0 saturated carbocycles. The number of nitrogens with zero attached hydrogens (tertiary/aromatic N) is 4. The van der Waals surface area contributed by atoms with Gasteiger partial charge < -0.3 is 15.2 Å². The van der Waals surface area contributed by atoms with Crippen molar-refractivity contribution in [2.75, 3.05) is 26.4 Å². The van der Waals surface area contributed by atoms with Crippen molar-refractivity contribution in [3.8, 4) is 0 Å². The van der Waals surface area contributed by atoms with E-state index in [9.17, 15) is 9.90 Å². The molecular weight excluding hydrogens is 370 g/mol. The number of fused-ring (bicyclic) bond motifs is 1. The van der Waals surface area contributed by atoms with E-state index in [-0.39, 0.29) is 25.1 Å². The summed E-state index contributed by atoms with van der Waals surface area (Å²) < 4.78 is 7.46. The summed E-state index contributed by atoms with van der Waals surface area (Å²) in [5.74, 6) is 0.288. The minimum atomic E-state index is -0.699. The molecule has 3 aromatic rings. The number of morpholine rings is 1. The average molecular weight is 395 g/mol. The van der Waals surface area contributed by atoms with Gasteiger partial charge in [-0.15, -0.1) is 0 Å². The fourth-order valence-corrected chi connectivity index (χ4v) is 3.79. The van der Waals surface area contributed by atoms with Crippen molar-refractivity contribution in [2.24, 2.45) is 0 Å². The zero-order valence-electron chi connectivity index (χ0n) is 16.4. The van der Waals surface area contributed by atoms with Gasteiger partial charge in [-0.3, -0.25) is 14.1 Å². The first-order chi connectivity index (χ1) is 14.1. The van der Waals surface area contributed by atoms with Crippen LogP contribution < -0.4 is 5.32 Å². The molecule has 1 saturated heterocycles. The summed E-state index contributed by atoms with van der Waals surface area (Å²) in [6, 6.07) is 10.2. The van der Waals surface area contributed by atoms with Crippen LogP contribution in [0.2, 0.25) is 0 Å². The van der Waals surface area contributed by atoms with Gasteiger partial charge in [0.15, 0.2) is 0 Å². The molecule has 2 atom stereocenters. The van der Waals surface area contributed by atoms with E-state index in [1.807, 2.05) is 18.2 Å². The van der Waals surface area contributed by atoms with Crippen molar-refractivity contribution in [3.05, 3.63) is 66.2 Å². The van der Waals surface area contributed by atoms with Crippen molar-refractivity contribution in [1.82, 2.24) is 24.6 Å². The normalized spacial score (nSPS) is 22.6. The first-order valence-corrected chi connectivity index (χ1v) is 9.67. The number of rotatable bonds is 6. The third kappa shape index (κ3) is 4.00. The topological polar surface area (TPSA) is 92.0 Å². The average Bonchev–Trinajstić information content (AvgIpc) is 3.23. The van der Waals surface area contributed by atoms with E-state index >= 15 is 0 Å². The minimum absolute atomic E-state index is 0.108. The lowest BCUT2D eigenvalue weighted by Crippen LogP contribution is -2.66. The standard InChI is InChI=1S/C21H25N5O3/c1-16-12-29-15-21(14-27,26(16)10-17-5-3-2-4-6-17)13-24-19(28)18-9-23-20-22-7-8-25(20)11-18/h2-9,11,16,27H,10,12-15H2,1H3,(H,24,28)/t16-,21+/m1/s1. The number of carbonyl (C=O) groups excluding carboxylic acids is 1. The van der Waals surface area contributed by atoms with Crippen molar-refractivity contribution in [2.45, 2.75) is 25.0 Å². The Kier molecular flexibility index (Phi) is 5.57. The van der Waals surface area contributed by atoms with Gasteiger partial charge in [-0.2, -0.15) is 0 Å². The molecule has 1 amide bonds. The van der Waals surface area contributed by atoms with Crippen LogP contribution in [0.3, 0.4) is 0 Å². The van der Waals surface area contributed by atoms with Crippen molar-refractivity contribution in [3.63, 3.8) is 0 Å². The van der Waals surface area contributed by atoms with Crippen LogP contribution in [0.1, 0.15) is 22.8 Å². The van der Waals surface area contributed by atoms with Crippen LogP contribution >= 0.6 is 0 Å². The van der Waals surface area contributed by atoms with Gasteiger partial charge in [-0.05, 0) is 12.5 Å². The molecule has 0 unspecified atom stereocenters. The van der Waals surface area contributed by atoms with Crippen LogP contribution in [0, 0.1) is 0 Å². The number of imidazole rings is 1. The largest absolute Gasteiger partial charge is 0.394 e. The maximum absolute atomic E-state index is 12.7. The van der Waals surface area contributed by atoms with Gasteiger partial charge in [0.25, 0.3) is 5.91 Å². The second-order valence-electron chi connectivity index (χ2n) is 7.52. The SMILES string of the molecule is C[C@@H]1COC[C@@](CO)(CNC(=O)c2cnc3nccn3c2)N1Cc1ccccc1. The summed E-state index contributed by atoms with van der Waals surface area (Å²) in [5.41, 5.74) is 0.888. The Hall–Kier alpha value is -2.81. The van der Waals surface area contributed by atoms with Gasteiger partial charge in [0.05, 0.1) is 30.9 Å². The minimum Gasteiger partial charge on any atom is -0.394 e. The molecule has 0 aliphatic carbocycles. The van der Waals surface area contributed by atoms with Gasteiger partial charge in [-0.25, -0.2) is 9.97 Å². The van der Waals surface area contributed by atoms with E-state index < -0.39 is 5.54 Å². The predicted octanol–water partition coefficient (Wildman–Crippen LogP) is 1.11. The lowest BCUT2D eigenvalue weighted by molar-refractivity contribution is -0.121. The summed E-state index contributed by atoms with van der Waals surface area (Å²) in [4.78, 5) is 23.2. The van der Waals surface area contributed by atoms with Gasteiger partial charge in [0.2, 0.25) is 5.78 Å². The molecule has 1 aromatic carbocycles. The highest BCUT2D eigenvalue weighted by Crippen LogP contribution is 2.26. The first-order valence-electron chi connectivity index (χ1n) is 9.67. The Labute approximate surface area is 169 Å². The molecule has 1 fully saturated rings. The molecule has 4 rings (SSSR count). The quantitative estimate of drug-likeness (QED) is 0.650. The first kappa shape index (κ1) is 19.5. The summed E-state index contributed by atoms with van der Waals surface area (Å²) in [7, 11) is 0. The molecule has 1 aliphatic rings. The number of aliphatic hydroxyl groups excluding tert-OH is 1. The lowest BCUT2D eigenvalue weighted by atomic mass is 9.94. The highest BCUT2D eigenvalue weighted by molar-refractivity contribution is 5.93. The second kappa shape index (κ2) is 8.28. The Morgan fingerprint density at radius 2 is 2.17 bits per heavy atom. The van der Waals surface area contributed by atoms with E-state index in [1.54, 1.807) is 23.0 Å². The number of aliphatic hydroxyl groups is 1. The lowest BCUT2D eigenvalue weighted by Gasteiger charge is -2.49. The third-order valence-corrected chi connectivity index (χ3v) is 5.45. The number of hydrogen-bond acceptors (Lipinski definition) is 6. The molecule has 2 N–H and O–H groups in total. The number of carbonyl (C=O) groups is 1. The number of aromatic nitrogens is 3. The number of amides is 1. The van der Waals surface area contributed by atoms with Crippen LogP contribution in [0.15, 0.2) is 55.1 Å². The molecule has 0 bridgehead atoms. The smallest absolute Gasteiger partial charge is 0.254 e. The van der Waals surface area contributed by atoms with Gasteiger partial charge >= 0.3 is 0 Å². The molecular formula is C21H25N5O3. The molecule has 3 heterocycles. The van der Waals surface area contributed by atoms with Crippen molar-refractivity contribution in [1.29, 1.82) is 0 Å². The molecule has 2 aromatic heterocycles. The number of ether oxygens (including phenoxy) is 1. The molecule has 1 aliphatic heterocycles. The van der Waals surface area contributed by atoms with Crippen LogP contribution in [-0.4, -0.2) is 68.2 Å². The van der Waals surface area contributed by atoms with Crippen LogP contribution in [0.4, 0.5) is 0 Å². The second-order valence-corrected chi connectivity index (χ2v) is 7.52. The number of nitrogens with one attached hydrogen (secondary N) is 1. The predicted molar refractivity (Wildman–Crippen MR) is 107 cm³/mol. The maximum atomic E-state index is 12.7. The molecule has 152 valence electrons. The molecule has 0 radical (unpaired) electrons. The summed E-state index contributed by atoms with van der Waals surface area (Å²) in [6.45, 7) is 3.82. The summed E-state index contributed by atoms with van der Waals surface area (Å²) in [6.07, 6.45) is 6.57. The van der Waals surface area contributed by atoms with Crippen LogP contribution in [0.5, 0.6) is 0 Å².